The van der Waals surface area contributed by atoms with Gasteiger partial charge in [-0.05, 0) is 12.0 Å². The Balaban J connectivity index is 2.70. The van der Waals surface area contributed by atoms with Crippen molar-refractivity contribution in [3.63, 3.8) is 0 Å². The third-order valence-corrected chi connectivity index (χ3v) is 5.44. The summed E-state index contributed by atoms with van der Waals surface area (Å²) < 4.78 is 32.2. The van der Waals surface area contributed by atoms with E-state index < -0.39 is 16.2 Å². The molecule has 8 heteroatoms. The van der Waals surface area contributed by atoms with Crippen molar-refractivity contribution in [3.05, 3.63) is 35.9 Å². The Morgan fingerprint density at radius 3 is 2.39 bits per heavy atom. The molecule has 0 spiro atoms. The molecule has 0 atom stereocenters. The van der Waals surface area contributed by atoms with Gasteiger partial charge in [-0.1, -0.05) is 30.3 Å². The fourth-order valence-corrected chi connectivity index (χ4v) is 3.42. The van der Waals surface area contributed by atoms with Gasteiger partial charge in [-0.25, -0.2) is 0 Å². The molecule has 0 aliphatic rings. The monoisotopic (exact) mass is 343 g/mol. The van der Waals surface area contributed by atoms with E-state index >= 15 is 0 Å². The Bertz CT molecular complexity index is 578. The van der Waals surface area contributed by atoms with Gasteiger partial charge in [0.15, 0.2) is 0 Å². The predicted molar refractivity (Wildman–Crippen MR) is 89.0 cm³/mol. The van der Waals surface area contributed by atoms with Crippen LogP contribution in [0.2, 0.25) is 0 Å². The van der Waals surface area contributed by atoms with E-state index in [2.05, 4.69) is 4.74 Å². The van der Waals surface area contributed by atoms with Crippen LogP contribution >= 0.6 is 0 Å². The molecule has 0 heterocycles. The van der Waals surface area contributed by atoms with Crippen molar-refractivity contribution in [3.8, 4) is 0 Å². The number of esters is 1. The van der Waals surface area contributed by atoms with E-state index in [1.165, 1.54) is 18.5 Å². The molecule has 0 fully saturated rings. The molecule has 0 saturated carbocycles. The number of nitrogens with two attached hydrogens (primary N) is 1. The first kappa shape index (κ1) is 19.6. The first-order chi connectivity index (χ1) is 10.9. The Morgan fingerprint density at radius 2 is 1.83 bits per heavy atom. The zero-order valence-corrected chi connectivity index (χ0v) is 14.5. The lowest BCUT2D eigenvalue weighted by atomic mass is 10.1. The summed E-state index contributed by atoms with van der Waals surface area (Å²) in [6.07, 6.45) is 0.617. The van der Waals surface area contributed by atoms with Crippen molar-refractivity contribution < 1.29 is 17.9 Å². The van der Waals surface area contributed by atoms with Gasteiger partial charge in [-0.15, -0.1) is 0 Å². The molecule has 130 valence electrons. The highest BCUT2D eigenvalue weighted by Gasteiger charge is 2.26. The number of carbonyl (C=O) groups is 1. The minimum Gasteiger partial charge on any atom is -0.469 e. The third-order valence-electron chi connectivity index (χ3n) is 3.45. The Labute approximate surface area is 138 Å². The van der Waals surface area contributed by atoms with Crippen LogP contribution in [0, 0.1) is 0 Å². The van der Waals surface area contributed by atoms with Crippen LogP contribution in [-0.2, 0) is 26.2 Å². The highest BCUT2D eigenvalue weighted by molar-refractivity contribution is 7.86. The molecule has 0 aliphatic heterocycles. The van der Waals surface area contributed by atoms with E-state index in [4.69, 9.17) is 5.73 Å². The molecule has 0 unspecified atom stereocenters. The number of ether oxygens (including phenoxy) is 1. The van der Waals surface area contributed by atoms with Gasteiger partial charge in [0.05, 0.1) is 13.5 Å². The number of methoxy groups -OCH3 is 1. The normalized spacial score (nSPS) is 11.9. The smallest absolute Gasteiger partial charge is 0.306 e. The van der Waals surface area contributed by atoms with E-state index in [1.807, 2.05) is 30.3 Å². The third kappa shape index (κ3) is 6.26. The number of carbonyl (C=O) groups excluding carboxylic acids is 1. The molecule has 0 saturated heterocycles. The molecule has 0 aromatic heterocycles. The van der Waals surface area contributed by atoms with Gasteiger partial charge in [0.2, 0.25) is 0 Å². The first-order valence-electron chi connectivity index (χ1n) is 7.44. The standard InChI is InChI=1S/C15H25N3O4S/c1-17(11-9-15(19)22-2)23(20,21)18(13-10-16)12-8-14-6-4-3-5-7-14/h3-7H,8-13,16H2,1-2H3. The average molecular weight is 343 g/mol. The van der Waals surface area contributed by atoms with Gasteiger partial charge in [-0.3, -0.25) is 4.79 Å². The maximum absolute atomic E-state index is 12.6. The largest absolute Gasteiger partial charge is 0.469 e. The minimum atomic E-state index is -3.66. The minimum absolute atomic E-state index is 0.0153. The van der Waals surface area contributed by atoms with Crippen LogP contribution < -0.4 is 5.73 Å². The molecule has 0 amide bonds. The van der Waals surface area contributed by atoms with Crippen LogP contribution in [0.25, 0.3) is 0 Å². The Morgan fingerprint density at radius 1 is 1.17 bits per heavy atom. The molecular formula is C15H25N3O4S. The SMILES string of the molecule is COC(=O)CCN(C)S(=O)(=O)N(CCN)CCc1ccccc1. The van der Waals surface area contributed by atoms with Crippen molar-refractivity contribution in [1.29, 1.82) is 0 Å². The number of hydrogen-bond acceptors (Lipinski definition) is 5. The number of benzene rings is 1. The summed E-state index contributed by atoms with van der Waals surface area (Å²) in [5, 5.41) is 0. The molecule has 2 N–H and O–H groups in total. The van der Waals surface area contributed by atoms with Crippen LogP contribution in [0.1, 0.15) is 12.0 Å². The fourth-order valence-electron chi connectivity index (χ4n) is 2.05. The maximum Gasteiger partial charge on any atom is 0.306 e. The molecule has 7 nitrogen and oxygen atoms in total. The zero-order valence-electron chi connectivity index (χ0n) is 13.6. The quantitative estimate of drug-likeness (QED) is 0.614. The van der Waals surface area contributed by atoms with E-state index in [0.717, 1.165) is 9.87 Å². The van der Waals surface area contributed by atoms with Crippen molar-refractivity contribution in [2.75, 3.05) is 40.3 Å². The lowest BCUT2D eigenvalue weighted by Crippen LogP contribution is -2.45. The molecular weight excluding hydrogens is 318 g/mol. The summed E-state index contributed by atoms with van der Waals surface area (Å²) in [7, 11) is -0.934. The summed E-state index contributed by atoms with van der Waals surface area (Å²) >= 11 is 0. The van der Waals surface area contributed by atoms with E-state index in [9.17, 15) is 13.2 Å². The van der Waals surface area contributed by atoms with Crippen LogP contribution in [-0.4, -0.2) is 63.3 Å². The van der Waals surface area contributed by atoms with Gasteiger partial charge >= 0.3 is 5.97 Å². The van der Waals surface area contributed by atoms with Crippen molar-refractivity contribution in [2.24, 2.45) is 5.73 Å². The molecule has 1 aromatic carbocycles. The van der Waals surface area contributed by atoms with Gasteiger partial charge in [0, 0.05) is 33.2 Å². The van der Waals surface area contributed by atoms with Gasteiger partial charge in [-0.2, -0.15) is 17.0 Å². The second-order valence-corrected chi connectivity index (χ2v) is 7.11. The number of hydrogen-bond donors (Lipinski definition) is 1. The van der Waals surface area contributed by atoms with E-state index in [-0.39, 0.29) is 26.1 Å². The first-order valence-corrected chi connectivity index (χ1v) is 8.83. The lowest BCUT2D eigenvalue weighted by Gasteiger charge is -2.27. The molecule has 1 aromatic rings. The second-order valence-electron chi connectivity index (χ2n) is 5.08. The molecule has 0 radical (unpaired) electrons. The summed E-state index contributed by atoms with van der Waals surface area (Å²) in [6, 6.07) is 9.65. The van der Waals surface area contributed by atoms with Crippen molar-refractivity contribution in [2.45, 2.75) is 12.8 Å². The van der Waals surface area contributed by atoms with E-state index in [1.54, 1.807) is 0 Å². The summed E-state index contributed by atoms with van der Waals surface area (Å²) in [5.74, 6) is -0.443. The van der Waals surface area contributed by atoms with Gasteiger partial charge < -0.3 is 10.5 Å². The van der Waals surface area contributed by atoms with Gasteiger partial charge in [0.1, 0.15) is 0 Å². The average Bonchev–Trinajstić information content (AvgIpc) is 2.56. The van der Waals surface area contributed by atoms with Crippen molar-refractivity contribution in [1.82, 2.24) is 8.61 Å². The molecule has 23 heavy (non-hydrogen) atoms. The highest BCUT2D eigenvalue weighted by atomic mass is 32.2. The van der Waals surface area contributed by atoms with Crippen LogP contribution in [0.5, 0.6) is 0 Å². The molecule has 0 aliphatic carbocycles. The Kier molecular flexibility index (Phi) is 8.18. The van der Waals surface area contributed by atoms with Crippen LogP contribution in [0.3, 0.4) is 0 Å². The summed E-state index contributed by atoms with van der Waals surface area (Å²) in [4.78, 5) is 11.2. The van der Waals surface area contributed by atoms with Crippen LogP contribution in [0.4, 0.5) is 0 Å². The van der Waals surface area contributed by atoms with Crippen LogP contribution in [0.15, 0.2) is 30.3 Å². The predicted octanol–water partition coefficient (Wildman–Crippen LogP) is 0.230. The highest BCUT2D eigenvalue weighted by Crippen LogP contribution is 2.09. The van der Waals surface area contributed by atoms with Gasteiger partial charge in [0.25, 0.3) is 10.2 Å². The number of rotatable bonds is 10. The Hall–Kier alpha value is -1.48. The zero-order chi connectivity index (χ0) is 17.3. The molecule has 1 rings (SSSR count). The lowest BCUT2D eigenvalue weighted by molar-refractivity contribution is -0.140. The van der Waals surface area contributed by atoms with E-state index in [0.29, 0.717) is 13.0 Å². The topological polar surface area (TPSA) is 92.9 Å². The van der Waals surface area contributed by atoms with Crippen molar-refractivity contribution >= 4 is 16.2 Å². The fraction of sp³-hybridized carbons (Fsp3) is 0.533. The number of nitrogens with zero attached hydrogens (tertiary/aromatic N) is 2. The second kappa shape index (κ2) is 9.61. The molecule has 0 bridgehead atoms. The summed E-state index contributed by atoms with van der Waals surface area (Å²) in [6.45, 7) is 0.879. The maximum atomic E-state index is 12.6. The summed E-state index contributed by atoms with van der Waals surface area (Å²) in [5.41, 5.74) is 6.60.